The second-order valence-corrected chi connectivity index (χ2v) is 3.41. The van der Waals surface area contributed by atoms with E-state index in [1.165, 1.54) is 12.1 Å². The Morgan fingerprint density at radius 2 is 1.79 bits per heavy atom. The molecule has 0 unspecified atom stereocenters. The summed E-state index contributed by atoms with van der Waals surface area (Å²) in [4.78, 5) is 0. The Hall–Kier alpha value is -0.0600. The monoisotopic (exact) mass is 258 g/mol. The molecular weight excluding hydrogens is 249 g/mol. The Kier molecular flexibility index (Phi) is 5.71. The van der Waals surface area contributed by atoms with E-state index in [4.69, 9.17) is 34.7 Å². The Labute approximate surface area is 97.8 Å². The fraction of sp³-hybridized carbons (Fsp3) is 0.250. The van der Waals surface area contributed by atoms with Gasteiger partial charge in [0.2, 0.25) is 0 Å². The van der Waals surface area contributed by atoms with E-state index >= 15 is 0 Å². The minimum absolute atomic E-state index is 0. The van der Waals surface area contributed by atoms with Crippen LogP contribution >= 0.6 is 35.6 Å². The first-order valence-electron chi connectivity index (χ1n) is 3.67. The van der Waals surface area contributed by atoms with Crippen LogP contribution < -0.4 is 11.5 Å². The zero-order valence-corrected chi connectivity index (χ0v) is 9.46. The Morgan fingerprint density at radius 1 is 1.29 bits per heavy atom. The molecule has 4 N–H and O–H groups in total. The molecule has 0 radical (unpaired) electrons. The van der Waals surface area contributed by atoms with Crippen LogP contribution in [0.15, 0.2) is 12.1 Å². The van der Waals surface area contributed by atoms with Gasteiger partial charge in [0.1, 0.15) is 5.82 Å². The number of benzene rings is 1. The largest absolute Gasteiger partial charge is 0.329 e. The predicted octanol–water partition coefficient (Wildman–Crippen LogP) is 2.51. The van der Waals surface area contributed by atoms with Gasteiger partial charge in [-0.15, -0.1) is 12.4 Å². The van der Waals surface area contributed by atoms with Gasteiger partial charge in [0.05, 0.1) is 5.02 Å². The van der Waals surface area contributed by atoms with Gasteiger partial charge in [-0.25, -0.2) is 4.39 Å². The highest BCUT2D eigenvalue weighted by Gasteiger charge is 2.16. The summed E-state index contributed by atoms with van der Waals surface area (Å²) in [5.41, 5.74) is 11.0. The summed E-state index contributed by atoms with van der Waals surface area (Å²) in [6.45, 7) is 0.122. The van der Waals surface area contributed by atoms with Gasteiger partial charge in [-0.2, -0.15) is 0 Å². The van der Waals surface area contributed by atoms with Crippen LogP contribution in [0.1, 0.15) is 11.6 Å². The average Bonchev–Trinajstić information content (AvgIpc) is 2.12. The maximum atomic E-state index is 13.3. The van der Waals surface area contributed by atoms with Crippen LogP contribution in [0.5, 0.6) is 0 Å². The standard InChI is InChI=1S/C8H9Cl2FN2.ClH/c9-4-1-2-5(10)8(11)7(4)6(13)3-12;/h1-2,6H,3,12-13H2;1H/t6-;/m0./s1. The number of nitrogens with two attached hydrogens (primary N) is 2. The van der Waals surface area contributed by atoms with Gasteiger partial charge in [0, 0.05) is 23.2 Å². The lowest BCUT2D eigenvalue weighted by Crippen LogP contribution is -2.22. The maximum Gasteiger partial charge on any atom is 0.148 e. The first-order chi connectivity index (χ1) is 6.07. The van der Waals surface area contributed by atoms with Crippen molar-refractivity contribution in [2.75, 3.05) is 6.54 Å². The minimum atomic E-state index is -0.619. The van der Waals surface area contributed by atoms with Crippen LogP contribution in [0.2, 0.25) is 10.0 Å². The van der Waals surface area contributed by atoms with Gasteiger partial charge >= 0.3 is 0 Å². The molecule has 14 heavy (non-hydrogen) atoms. The van der Waals surface area contributed by atoms with Crippen molar-refractivity contribution in [1.82, 2.24) is 0 Å². The quantitative estimate of drug-likeness (QED) is 0.802. The van der Waals surface area contributed by atoms with Crippen LogP contribution in [-0.4, -0.2) is 6.54 Å². The van der Waals surface area contributed by atoms with E-state index < -0.39 is 11.9 Å². The molecule has 1 aromatic carbocycles. The van der Waals surface area contributed by atoms with Gasteiger partial charge in [-0.1, -0.05) is 23.2 Å². The molecule has 0 heterocycles. The lowest BCUT2D eigenvalue weighted by atomic mass is 10.1. The first-order valence-corrected chi connectivity index (χ1v) is 4.42. The number of hydrogen-bond acceptors (Lipinski definition) is 2. The molecule has 0 saturated heterocycles. The molecule has 0 aromatic heterocycles. The van der Waals surface area contributed by atoms with E-state index in [0.717, 1.165) is 0 Å². The van der Waals surface area contributed by atoms with Crippen molar-refractivity contribution < 1.29 is 4.39 Å². The molecule has 0 saturated carbocycles. The Morgan fingerprint density at radius 3 is 2.29 bits per heavy atom. The van der Waals surface area contributed by atoms with Crippen LogP contribution in [0.25, 0.3) is 0 Å². The third kappa shape index (κ3) is 2.72. The van der Waals surface area contributed by atoms with Crippen molar-refractivity contribution in [2.45, 2.75) is 6.04 Å². The average molecular weight is 260 g/mol. The molecule has 80 valence electrons. The third-order valence-corrected chi connectivity index (χ3v) is 2.33. The second-order valence-electron chi connectivity index (χ2n) is 2.60. The van der Waals surface area contributed by atoms with E-state index in [0.29, 0.717) is 0 Å². The smallest absolute Gasteiger partial charge is 0.148 e. The molecule has 1 rings (SSSR count). The Bertz CT molecular complexity index is 320. The SMILES string of the molecule is Cl.NC[C@H](N)c1c(Cl)ccc(Cl)c1F. The predicted molar refractivity (Wildman–Crippen MR) is 59.7 cm³/mol. The summed E-state index contributed by atoms with van der Waals surface area (Å²) in [6.07, 6.45) is 0. The fourth-order valence-corrected chi connectivity index (χ4v) is 1.45. The zero-order valence-electron chi connectivity index (χ0n) is 7.14. The highest BCUT2D eigenvalue weighted by Crippen LogP contribution is 2.28. The van der Waals surface area contributed by atoms with Crippen LogP contribution in [0.3, 0.4) is 0 Å². The molecular formula is C8H10Cl3FN2. The topological polar surface area (TPSA) is 52.0 Å². The first kappa shape index (κ1) is 13.9. The van der Waals surface area contributed by atoms with Crippen molar-refractivity contribution in [3.05, 3.63) is 33.6 Å². The highest BCUT2D eigenvalue weighted by molar-refractivity contribution is 6.33. The summed E-state index contributed by atoms with van der Waals surface area (Å²) < 4.78 is 13.3. The number of hydrogen-bond donors (Lipinski definition) is 2. The van der Waals surface area contributed by atoms with Crippen molar-refractivity contribution in [3.63, 3.8) is 0 Å². The molecule has 0 aliphatic heterocycles. The zero-order chi connectivity index (χ0) is 10.0. The normalized spacial score (nSPS) is 12.1. The summed E-state index contributed by atoms with van der Waals surface area (Å²) >= 11 is 11.3. The van der Waals surface area contributed by atoms with E-state index in [1.807, 2.05) is 0 Å². The highest BCUT2D eigenvalue weighted by atomic mass is 35.5. The van der Waals surface area contributed by atoms with Crippen LogP contribution in [0, 0.1) is 5.82 Å². The van der Waals surface area contributed by atoms with Gasteiger partial charge in [-0.3, -0.25) is 0 Å². The van der Waals surface area contributed by atoms with Crippen molar-refractivity contribution in [2.24, 2.45) is 11.5 Å². The van der Waals surface area contributed by atoms with Gasteiger partial charge in [-0.05, 0) is 12.1 Å². The van der Waals surface area contributed by atoms with Crippen LogP contribution in [0.4, 0.5) is 4.39 Å². The molecule has 6 heteroatoms. The minimum Gasteiger partial charge on any atom is -0.329 e. The second kappa shape index (κ2) is 5.73. The van der Waals surface area contributed by atoms with E-state index in [1.54, 1.807) is 0 Å². The fourth-order valence-electron chi connectivity index (χ4n) is 1.00. The van der Waals surface area contributed by atoms with E-state index in [9.17, 15) is 4.39 Å². The van der Waals surface area contributed by atoms with Crippen molar-refractivity contribution >= 4 is 35.6 Å². The summed E-state index contributed by atoms with van der Waals surface area (Å²) in [7, 11) is 0. The van der Waals surface area contributed by atoms with Crippen LogP contribution in [-0.2, 0) is 0 Å². The van der Waals surface area contributed by atoms with Crippen molar-refractivity contribution in [1.29, 1.82) is 0 Å². The van der Waals surface area contributed by atoms with E-state index in [2.05, 4.69) is 0 Å². The number of rotatable bonds is 2. The molecule has 0 bridgehead atoms. The molecule has 0 amide bonds. The lowest BCUT2D eigenvalue weighted by molar-refractivity contribution is 0.585. The van der Waals surface area contributed by atoms with E-state index in [-0.39, 0.29) is 34.6 Å². The van der Waals surface area contributed by atoms with Crippen molar-refractivity contribution in [3.8, 4) is 0 Å². The molecule has 0 spiro atoms. The Balaban J connectivity index is 0.00000169. The summed E-state index contributed by atoms with van der Waals surface area (Å²) in [5.74, 6) is -0.591. The summed E-state index contributed by atoms with van der Waals surface area (Å²) in [5, 5.41) is 0.253. The third-order valence-electron chi connectivity index (χ3n) is 1.70. The summed E-state index contributed by atoms with van der Waals surface area (Å²) in [6, 6.07) is 2.26. The number of halogens is 4. The molecule has 0 aliphatic carbocycles. The molecule has 1 atom stereocenters. The molecule has 1 aromatic rings. The lowest BCUT2D eigenvalue weighted by Gasteiger charge is -2.12. The van der Waals surface area contributed by atoms with Gasteiger partial charge in [0.25, 0.3) is 0 Å². The molecule has 0 aliphatic rings. The maximum absolute atomic E-state index is 13.3. The van der Waals surface area contributed by atoms with Gasteiger partial charge < -0.3 is 11.5 Å². The molecule has 0 fully saturated rings. The van der Waals surface area contributed by atoms with Gasteiger partial charge in [0.15, 0.2) is 0 Å². The molecule has 2 nitrogen and oxygen atoms in total.